The molecule has 18 heavy (non-hydrogen) atoms. The number of halogens is 1. The molecule has 2 rings (SSSR count). The molecule has 0 aliphatic heterocycles. The van der Waals surface area contributed by atoms with Gasteiger partial charge in [-0.05, 0) is 37.1 Å². The smallest absolute Gasteiger partial charge is 0.0879 e. The second-order valence-electron chi connectivity index (χ2n) is 4.79. The van der Waals surface area contributed by atoms with E-state index in [-0.39, 0.29) is 5.60 Å². The zero-order chi connectivity index (χ0) is 13.0. The molecule has 0 aliphatic rings. The maximum atomic E-state index is 6.03. The van der Waals surface area contributed by atoms with Crippen molar-refractivity contribution in [3.63, 3.8) is 0 Å². The van der Waals surface area contributed by atoms with Crippen molar-refractivity contribution in [3.8, 4) is 0 Å². The van der Waals surface area contributed by atoms with E-state index in [9.17, 15) is 0 Å². The number of rotatable bonds is 4. The van der Waals surface area contributed by atoms with Gasteiger partial charge in [0.15, 0.2) is 0 Å². The van der Waals surface area contributed by atoms with E-state index in [1.807, 2.05) is 30.3 Å². The Morgan fingerprint density at radius 1 is 0.944 bits per heavy atom. The molecule has 0 bridgehead atoms. The Morgan fingerprint density at radius 3 is 2.17 bits per heavy atom. The molecule has 2 aromatic carbocycles. The highest BCUT2D eigenvalue weighted by Gasteiger charge is 2.20. The molecule has 0 N–H and O–H groups in total. The topological polar surface area (TPSA) is 9.23 Å². The van der Waals surface area contributed by atoms with E-state index in [0.29, 0.717) is 6.61 Å². The van der Waals surface area contributed by atoms with Crippen LogP contribution in [0.4, 0.5) is 0 Å². The minimum Gasteiger partial charge on any atom is -0.366 e. The molecule has 0 saturated heterocycles. The lowest BCUT2D eigenvalue weighted by Crippen LogP contribution is -2.21. The summed E-state index contributed by atoms with van der Waals surface area (Å²) >= 11 is 3.43. The van der Waals surface area contributed by atoms with Crippen molar-refractivity contribution < 1.29 is 4.74 Å². The van der Waals surface area contributed by atoms with E-state index >= 15 is 0 Å². The molecule has 0 saturated carbocycles. The third-order valence-corrected chi connectivity index (χ3v) is 3.51. The van der Waals surface area contributed by atoms with Gasteiger partial charge in [0.25, 0.3) is 0 Å². The van der Waals surface area contributed by atoms with Crippen LogP contribution in [0, 0.1) is 0 Å². The van der Waals surface area contributed by atoms with Gasteiger partial charge < -0.3 is 4.74 Å². The number of benzene rings is 2. The van der Waals surface area contributed by atoms with Gasteiger partial charge in [0.1, 0.15) is 0 Å². The average molecular weight is 305 g/mol. The largest absolute Gasteiger partial charge is 0.366 e. The van der Waals surface area contributed by atoms with E-state index in [0.717, 1.165) is 4.47 Å². The normalized spacial score (nSPS) is 11.5. The van der Waals surface area contributed by atoms with Crippen molar-refractivity contribution >= 4 is 15.9 Å². The van der Waals surface area contributed by atoms with E-state index < -0.39 is 0 Å². The summed E-state index contributed by atoms with van der Waals surface area (Å²) in [5.74, 6) is 0. The summed E-state index contributed by atoms with van der Waals surface area (Å²) < 4.78 is 7.12. The number of hydrogen-bond acceptors (Lipinski definition) is 1. The Morgan fingerprint density at radius 2 is 1.56 bits per heavy atom. The van der Waals surface area contributed by atoms with Crippen molar-refractivity contribution in [2.75, 3.05) is 0 Å². The first kappa shape index (κ1) is 13.3. The fourth-order valence-electron chi connectivity index (χ4n) is 1.77. The lowest BCUT2D eigenvalue weighted by atomic mass is 9.98. The maximum Gasteiger partial charge on any atom is 0.0879 e. The Kier molecular flexibility index (Phi) is 4.20. The molecule has 0 unspecified atom stereocenters. The molecular formula is C16H17BrO. The van der Waals surface area contributed by atoms with Gasteiger partial charge >= 0.3 is 0 Å². The SMILES string of the molecule is CC(C)(OCc1ccc(Br)cc1)c1ccccc1. The quantitative estimate of drug-likeness (QED) is 0.780. The van der Waals surface area contributed by atoms with Crippen molar-refractivity contribution in [1.29, 1.82) is 0 Å². The fourth-order valence-corrected chi connectivity index (χ4v) is 2.03. The summed E-state index contributed by atoms with van der Waals surface area (Å²) in [5.41, 5.74) is 2.11. The third-order valence-electron chi connectivity index (χ3n) is 2.98. The predicted molar refractivity (Wildman–Crippen MR) is 78.4 cm³/mol. The highest BCUT2D eigenvalue weighted by Crippen LogP contribution is 2.25. The Bertz CT molecular complexity index is 488. The lowest BCUT2D eigenvalue weighted by Gasteiger charge is -2.26. The first-order valence-electron chi connectivity index (χ1n) is 6.02. The molecule has 1 nitrogen and oxygen atoms in total. The summed E-state index contributed by atoms with van der Waals surface area (Å²) in [6, 6.07) is 18.5. The average Bonchev–Trinajstić information content (AvgIpc) is 2.39. The zero-order valence-electron chi connectivity index (χ0n) is 10.7. The van der Waals surface area contributed by atoms with E-state index in [1.165, 1.54) is 11.1 Å². The van der Waals surface area contributed by atoms with Crippen LogP contribution in [0.2, 0.25) is 0 Å². The number of ether oxygens (including phenoxy) is 1. The van der Waals surface area contributed by atoms with Crippen LogP contribution in [0.15, 0.2) is 59.1 Å². The van der Waals surface area contributed by atoms with Crippen LogP contribution in [0.3, 0.4) is 0 Å². The first-order chi connectivity index (χ1) is 8.58. The van der Waals surface area contributed by atoms with Gasteiger partial charge in [0.05, 0.1) is 12.2 Å². The van der Waals surface area contributed by atoms with Crippen LogP contribution < -0.4 is 0 Å². The van der Waals surface area contributed by atoms with Gasteiger partial charge in [-0.3, -0.25) is 0 Å². The van der Waals surface area contributed by atoms with Crippen molar-refractivity contribution in [3.05, 3.63) is 70.2 Å². The monoisotopic (exact) mass is 304 g/mol. The van der Waals surface area contributed by atoms with Crippen LogP contribution in [-0.2, 0) is 16.9 Å². The highest BCUT2D eigenvalue weighted by atomic mass is 79.9. The maximum absolute atomic E-state index is 6.03. The van der Waals surface area contributed by atoms with Gasteiger partial charge in [0, 0.05) is 4.47 Å². The molecule has 2 aromatic rings. The lowest BCUT2D eigenvalue weighted by molar-refractivity contribution is -0.0337. The van der Waals surface area contributed by atoms with E-state index in [4.69, 9.17) is 4.74 Å². The molecule has 0 amide bonds. The molecule has 0 spiro atoms. The van der Waals surface area contributed by atoms with E-state index in [1.54, 1.807) is 0 Å². The second-order valence-corrected chi connectivity index (χ2v) is 5.71. The number of hydrogen-bond donors (Lipinski definition) is 0. The molecule has 0 fully saturated rings. The first-order valence-corrected chi connectivity index (χ1v) is 6.81. The summed E-state index contributed by atoms with van der Waals surface area (Å²) in [6.07, 6.45) is 0. The van der Waals surface area contributed by atoms with Gasteiger partial charge in [0.2, 0.25) is 0 Å². The minimum atomic E-state index is -0.270. The molecule has 0 heterocycles. The van der Waals surface area contributed by atoms with Crippen LogP contribution >= 0.6 is 15.9 Å². The Balaban J connectivity index is 2.03. The van der Waals surface area contributed by atoms with E-state index in [2.05, 4.69) is 54.0 Å². The van der Waals surface area contributed by atoms with Crippen molar-refractivity contribution in [2.24, 2.45) is 0 Å². The summed E-state index contributed by atoms with van der Waals surface area (Å²) in [5, 5.41) is 0. The van der Waals surface area contributed by atoms with Gasteiger partial charge in [-0.1, -0.05) is 58.4 Å². The molecule has 0 atom stereocenters. The standard InChI is InChI=1S/C16H17BrO/c1-16(2,14-6-4-3-5-7-14)18-12-13-8-10-15(17)11-9-13/h3-11H,12H2,1-2H3. The Labute approximate surface area is 117 Å². The fraction of sp³-hybridized carbons (Fsp3) is 0.250. The molecule has 0 aromatic heterocycles. The predicted octanol–water partition coefficient (Wildman–Crippen LogP) is 4.90. The summed E-state index contributed by atoms with van der Waals surface area (Å²) in [6.45, 7) is 4.82. The third kappa shape index (κ3) is 3.44. The molecular weight excluding hydrogens is 288 g/mol. The highest BCUT2D eigenvalue weighted by molar-refractivity contribution is 9.10. The zero-order valence-corrected chi connectivity index (χ0v) is 12.3. The van der Waals surface area contributed by atoms with Gasteiger partial charge in [-0.25, -0.2) is 0 Å². The van der Waals surface area contributed by atoms with Gasteiger partial charge in [-0.2, -0.15) is 0 Å². The second kappa shape index (κ2) is 5.68. The van der Waals surface area contributed by atoms with Crippen molar-refractivity contribution in [1.82, 2.24) is 0 Å². The molecule has 0 aliphatic carbocycles. The summed E-state index contributed by atoms with van der Waals surface area (Å²) in [7, 11) is 0. The Hall–Kier alpha value is -1.12. The molecule has 94 valence electrons. The van der Waals surface area contributed by atoms with Crippen LogP contribution in [0.25, 0.3) is 0 Å². The molecule has 2 heteroatoms. The van der Waals surface area contributed by atoms with Crippen LogP contribution in [0.1, 0.15) is 25.0 Å². The molecule has 0 radical (unpaired) electrons. The van der Waals surface area contributed by atoms with Crippen LogP contribution in [-0.4, -0.2) is 0 Å². The van der Waals surface area contributed by atoms with Gasteiger partial charge in [-0.15, -0.1) is 0 Å². The van der Waals surface area contributed by atoms with Crippen LogP contribution in [0.5, 0.6) is 0 Å². The summed E-state index contributed by atoms with van der Waals surface area (Å²) in [4.78, 5) is 0. The van der Waals surface area contributed by atoms with Crippen molar-refractivity contribution in [2.45, 2.75) is 26.1 Å². The minimum absolute atomic E-state index is 0.270.